The van der Waals surface area contributed by atoms with E-state index < -0.39 is 20.8 Å². The normalized spacial score (nSPS) is 12.1. The Hall–Kier alpha value is 0.403. The molecule has 0 aromatic heterocycles. The second-order valence-electron chi connectivity index (χ2n) is 3.24. The van der Waals surface area contributed by atoms with E-state index in [1.807, 2.05) is 13.8 Å². The molecular formula is C8H18O7S2Zn. The van der Waals surface area contributed by atoms with Crippen LogP contribution in [0.15, 0.2) is 0 Å². The Labute approximate surface area is 122 Å². The molecule has 0 saturated heterocycles. The van der Waals surface area contributed by atoms with Gasteiger partial charge in [-0.1, -0.05) is 26.7 Å². The van der Waals surface area contributed by atoms with E-state index in [0.29, 0.717) is 12.8 Å². The largest absolute Gasteiger partial charge is 0.416 e. The van der Waals surface area contributed by atoms with Crippen LogP contribution in [0.4, 0.5) is 0 Å². The van der Waals surface area contributed by atoms with Gasteiger partial charge in [-0.05, 0) is 12.8 Å². The molecule has 106 valence electrons. The fraction of sp³-hybridized carbons (Fsp3) is 1.00. The molecule has 0 bridgehead atoms. The molecule has 0 aromatic rings. The molecule has 0 radical (unpaired) electrons. The summed E-state index contributed by atoms with van der Waals surface area (Å²) in [6.45, 7) is 3.43. The van der Waals surface area contributed by atoms with Crippen LogP contribution >= 0.6 is 0 Å². The van der Waals surface area contributed by atoms with Crippen molar-refractivity contribution in [2.24, 2.45) is 0 Å². The van der Waals surface area contributed by atoms with Crippen molar-refractivity contribution < 1.29 is 48.3 Å². The molecule has 0 unspecified atom stereocenters. The van der Waals surface area contributed by atoms with Gasteiger partial charge in [0.05, 0.1) is 13.2 Å². The van der Waals surface area contributed by atoms with Crippen molar-refractivity contribution in [2.75, 3.05) is 13.2 Å². The summed E-state index contributed by atoms with van der Waals surface area (Å²) in [5.74, 6) is 0. The Bertz CT molecular complexity index is 352. The summed E-state index contributed by atoms with van der Waals surface area (Å²) in [6.07, 6.45) is 2.41. The zero-order valence-corrected chi connectivity index (χ0v) is 15.2. The van der Waals surface area contributed by atoms with Crippen LogP contribution in [0, 0.1) is 0 Å². The molecule has 0 aromatic carbocycles. The summed E-state index contributed by atoms with van der Waals surface area (Å²) in [5.41, 5.74) is 0. The molecule has 0 fully saturated rings. The molecule has 0 rings (SSSR count). The average Bonchev–Trinajstić information content (AvgIpc) is 2.16. The Kier molecular flexibility index (Phi) is 11.8. The van der Waals surface area contributed by atoms with Crippen LogP contribution in [0.5, 0.6) is 0 Å². The molecule has 18 heavy (non-hydrogen) atoms. The van der Waals surface area contributed by atoms with Gasteiger partial charge in [0.25, 0.3) is 0 Å². The molecule has 0 aliphatic rings. The van der Waals surface area contributed by atoms with Crippen LogP contribution in [-0.2, 0) is 52.3 Å². The van der Waals surface area contributed by atoms with E-state index >= 15 is 0 Å². The first-order valence-corrected chi connectivity index (χ1v) is 7.99. The SMILES string of the molecule is CCCCOS(=O)(=O)OS(=O)(=O)OCCCC.[Zn]. The Morgan fingerprint density at radius 3 is 1.39 bits per heavy atom. The molecular weight excluding hydrogens is 338 g/mol. The van der Waals surface area contributed by atoms with E-state index in [0.717, 1.165) is 12.8 Å². The van der Waals surface area contributed by atoms with E-state index in [9.17, 15) is 16.8 Å². The standard InChI is InChI=1S/C8H18O7S2.Zn/c1-3-5-7-13-16(9,10)15-17(11,12)14-8-6-4-2;/h3-8H2,1-2H3;. The molecule has 0 aliphatic heterocycles. The van der Waals surface area contributed by atoms with Crippen LogP contribution in [0.25, 0.3) is 0 Å². The van der Waals surface area contributed by atoms with Gasteiger partial charge in [-0.15, -0.1) is 3.63 Å². The van der Waals surface area contributed by atoms with Gasteiger partial charge >= 0.3 is 20.8 Å². The first-order valence-electron chi connectivity index (χ1n) is 5.32. The fourth-order valence-electron chi connectivity index (χ4n) is 0.752. The van der Waals surface area contributed by atoms with Crippen LogP contribution in [0.1, 0.15) is 39.5 Å². The van der Waals surface area contributed by atoms with Crippen LogP contribution in [0.2, 0.25) is 0 Å². The van der Waals surface area contributed by atoms with Gasteiger partial charge in [0.15, 0.2) is 0 Å². The maximum atomic E-state index is 11.1. The van der Waals surface area contributed by atoms with Gasteiger partial charge in [-0.2, -0.15) is 16.8 Å². The van der Waals surface area contributed by atoms with Crippen LogP contribution < -0.4 is 0 Å². The van der Waals surface area contributed by atoms with E-state index in [4.69, 9.17) is 0 Å². The molecule has 7 nitrogen and oxygen atoms in total. The second-order valence-corrected chi connectivity index (χ2v) is 5.88. The van der Waals surface area contributed by atoms with Crippen molar-refractivity contribution >= 4 is 20.8 Å². The van der Waals surface area contributed by atoms with Crippen molar-refractivity contribution in [3.05, 3.63) is 0 Å². The second kappa shape index (κ2) is 10.2. The number of hydrogen-bond donors (Lipinski definition) is 0. The van der Waals surface area contributed by atoms with Crippen molar-refractivity contribution in [3.63, 3.8) is 0 Å². The first kappa shape index (κ1) is 20.7. The molecule has 0 saturated carbocycles. The molecule has 10 heteroatoms. The van der Waals surface area contributed by atoms with Crippen molar-refractivity contribution in [2.45, 2.75) is 39.5 Å². The van der Waals surface area contributed by atoms with Gasteiger partial charge in [0, 0.05) is 19.5 Å². The molecule has 0 amide bonds. The monoisotopic (exact) mass is 354 g/mol. The number of unbranched alkanes of at least 4 members (excludes halogenated alkanes) is 2. The molecule has 0 spiro atoms. The van der Waals surface area contributed by atoms with Gasteiger partial charge in [-0.3, -0.25) is 0 Å². The summed E-state index contributed by atoms with van der Waals surface area (Å²) in [7, 11) is -9.12. The third-order valence-electron chi connectivity index (χ3n) is 1.62. The number of rotatable bonds is 10. The Balaban J connectivity index is 0. The molecule has 0 heterocycles. The third kappa shape index (κ3) is 11.5. The summed E-state index contributed by atoms with van der Waals surface area (Å²) < 4.78 is 56.6. The molecule has 0 aliphatic carbocycles. The fourth-order valence-corrected chi connectivity index (χ4v) is 2.53. The van der Waals surface area contributed by atoms with Crippen LogP contribution in [0.3, 0.4) is 0 Å². The summed E-state index contributed by atoms with van der Waals surface area (Å²) in [5, 5.41) is 0. The molecule has 0 N–H and O–H groups in total. The topological polar surface area (TPSA) is 96.0 Å². The first-order chi connectivity index (χ1) is 7.83. The van der Waals surface area contributed by atoms with E-state index in [2.05, 4.69) is 12.0 Å². The minimum Gasteiger partial charge on any atom is -0.247 e. The maximum Gasteiger partial charge on any atom is 0.416 e. The van der Waals surface area contributed by atoms with E-state index in [1.54, 1.807) is 0 Å². The Morgan fingerprint density at radius 2 is 1.11 bits per heavy atom. The zero-order chi connectivity index (χ0) is 13.4. The number of hydrogen-bond acceptors (Lipinski definition) is 7. The third-order valence-corrected chi connectivity index (χ3v) is 3.86. The van der Waals surface area contributed by atoms with Gasteiger partial charge in [0.1, 0.15) is 0 Å². The van der Waals surface area contributed by atoms with Crippen molar-refractivity contribution in [3.8, 4) is 0 Å². The van der Waals surface area contributed by atoms with Gasteiger partial charge in [-0.25, -0.2) is 8.37 Å². The minimum absolute atomic E-state index is 0. The summed E-state index contributed by atoms with van der Waals surface area (Å²) in [6, 6.07) is 0. The van der Waals surface area contributed by atoms with E-state index in [1.165, 1.54) is 0 Å². The smallest absolute Gasteiger partial charge is 0.247 e. The van der Waals surface area contributed by atoms with E-state index in [-0.39, 0.29) is 32.7 Å². The predicted molar refractivity (Wildman–Crippen MR) is 60.6 cm³/mol. The van der Waals surface area contributed by atoms with Crippen LogP contribution in [-0.4, -0.2) is 30.0 Å². The zero-order valence-electron chi connectivity index (χ0n) is 10.6. The van der Waals surface area contributed by atoms with Crippen molar-refractivity contribution in [1.29, 1.82) is 0 Å². The van der Waals surface area contributed by atoms with Gasteiger partial charge < -0.3 is 0 Å². The van der Waals surface area contributed by atoms with Crippen molar-refractivity contribution in [1.82, 2.24) is 0 Å². The average molecular weight is 356 g/mol. The van der Waals surface area contributed by atoms with Gasteiger partial charge in [0.2, 0.25) is 0 Å². The minimum atomic E-state index is -4.56. The summed E-state index contributed by atoms with van der Waals surface area (Å²) in [4.78, 5) is 0. The predicted octanol–water partition coefficient (Wildman–Crippen LogP) is 1.12. The Morgan fingerprint density at radius 1 is 0.778 bits per heavy atom. The summed E-state index contributed by atoms with van der Waals surface area (Å²) >= 11 is 0. The quantitative estimate of drug-likeness (QED) is 0.428. The maximum absolute atomic E-state index is 11.1. The molecule has 0 atom stereocenters.